The molecule has 0 spiro atoms. The second kappa shape index (κ2) is 6.39. The van der Waals surface area contributed by atoms with Crippen LogP contribution in [0.25, 0.3) is 0 Å². The molecule has 0 bridgehead atoms. The molecule has 0 saturated carbocycles. The Morgan fingerprint density at radius 1 is 1.24 bits per heavy atom. The molecule has 21 heavy (non-hydrogen) atoms. The summed E-state index contributed by atoms with van der Waals surface area (Å²) < 4.78 is 5.77. The van der Waals surface area contributed by atoms with Crippen LogP contribution in [0.4, 0.5) is 0 Å². The fourth-order valence-electron chi connectivity index (χ4n) is 2.15. The van der Waals surface area contributed by atoms with E-state index in [1.54, 1.807) is 6.07 Å². The molecule has 1 N–H and O–H groups in total. The van der Waals surface area contributed by atoms with Gasteiger partial charge in [-0.05, 0) is 38.0 Å². The van der Waals surface area contributed by atoms with E-state index in [-0.39, 0.29) is 5.56 Å². The van der Waals surface area contributed by atoms with Crippen LogP contribution in [0.1, 0.15) is 40.5 Å². The number of hydrogen-bond acceptors (Lipinski definition) is 3. The second-order valence-electron chi connectivity index (χ2n) is 5.11. The van der Waals surface area contributed by atoms with Crippen LogP contribution >= 0.6 is 0 Å². The average Bonchev–Trinajstić information content (AvgIpc) is 2.42. The third-order valence-corrected chi connectivity index (χ3v) is 3.15. The zero-order chi connectivity index (χ0) is 15.4. The number of aromatic carboxylic acids is 1. The molecule has 110 valence electrons. The minimum atomic E-state index is -0.972. The summed E-state index contributed by atoms with van der Waals surface area (Å²) in [6.45, 7) is 6.00. The van der Waals surface area contributed by atoms with Gasteiger partial charge in [-0.25, -0.2) is 9.78 Å². The van der Waals surface area contributed by atoms with Gasteiger partial charge in [0, 0.05) is 11.8 Å². The molecule has 0 radical (unpaired) electrons. The van der Waals surface area contributed by atoms with Gasteiger partial charge in [0.05, 0.1) is 5.56 Å². The van der Waals surface area contributed by atoms with Crippen molar-refractivity contribution in [2.75, 3.05) is 0 Å². The molecule has 0 amide bonds. The van der Waals surface area contributed by atoms with E-state index in [9.17, 15) is 9.90 Å². The Hall–Kier alpha value is -2.36. The molecular formula is C17H19NO3. The summed E-state index contributed by atoms with van der Waals surface area (Å²) in [4.78, 5) is 15.6. The van der Waals surface area contributed by atoms with Gasteiger partial charge in [-0.1, -0.05) is 31.0 Å². The predicted molar refractivity (Wildman–Crippen MR) is 81.2 cm³/mol. The van der Waals surface area contributed by atoms with Crippen molar-refractivity contribution < 1.29 is 14.6 Å². The van der Waals surface area contributed by atoms with E-state index < -0.39 is 5.97 Å². The number of benzene rings is 1. The van der Waals surface area contributed by atoms with Crippen LogP contribution in [0.5, 0.6) is 11.6 Å². The maximum absolute atomic E-state index is 11.2. The molecule has 0 unspecified atom stereocenters. The number of carboxylic acid groups (broad SMARTS) is 1. The SMILES string of the molecule is CCCc1cc(C(=O)O)cc(Oc2ccc(C)cc2C)n1. The molecule has 1 aromatic carbocycles. The van der Waals surface area contributed by atoms with Crippen LogP contribution in [0, 0.1) is 13.8 Å². The van der Waals surface area contributed by atoms with Crippen molar-refractivity contribution in [2.24, 2.45) is 0 Å². The lowest BCUT2D eigenvalue weighted by atomic mass is 10.1. The Balaban J connectivity index is 2.36. The third-order valence-electron chi connectivity index (χ3n) is 3.15. The number of pyridine rings is 1. The first kappa shape index (κ1) is 15.0. The Kier molecular flexibility index (Phi) is 4.58. The number of aromatic nitrogens is 1. The monoisotopic (exact) mass is 285 g/mol. The summed E-state index contributed by atoms with van der Waals surface area (Å²) in [6.07, 6.45) is 1.63. The fraction of sp³-hybridized carbons (Fsp3) is 0.294. The van der Waals surface area contributed by atoms with Crippen molar-refractivity contribution in [3.63, 3.8) is 0 Å². The number of hydrogen-bond donors (Lipinski definition) is 1. The van der Waals surface area contributed by atoms with Gasteiger partial charge < -0.3 is 9.84 Å². The average molecular weight is 285 g/mol. The smallest absolute Gasteiger partial charge is 0.335 e. The Bertz CT molecular complexity index is 665. The van der Waals surface area contributed by atoms with E-state index in [1.165, 1.54) is 6.07 Å². The zero-order valence-electron chi connectivity index (χ0n) is 12.5. The van der Waals surface area contributed by atoms with Crippen molar-refractivity contribution in [3.8, 4) is 11.6 Å². The maximum Gasteiger partial charge on any atom is 0.335 e. The predicted octanol–water partition coefficient (Wildman–Crippen LogP) is 4.14. The highest BCUT2D eigenvalue weighted by Crippen LogP contribution is 2.25. The molecule has 0 fully saturated rings. The van der Waals surface area contributed by atoms with Crippen molar-refractivity contribution >= 4 is 5.97 Å². The minimum absolute atomic E-state index is 0.202. The molecule has 4 heteroatoms. The number of carbonyl (C=O) groups is 1. The van der Waals surface area contributed by atoms with E-state index in [4.69, 9.17) is 4.74 Å². The maximum atomic E-state index is 11.2. The van der Waals surface area contributed by atoms with Gasteiger partial charge in [-0.3, -0.25) is 0 Å². The van der Waals surface area contributed by atoms with Crippen LogP contribution < -0.4 is 4.74 Å². The number of ether oxygens (including phenoxy) is 1. The van der Waals surface area contributed by atoms with Crippen LogP contribution in [0.15, 0.2) is 30.3 Å². The lowest BCUT2D eigenvalue weighted by Crippen LogP contribution is -2.02. The molecule has 2 aromatic rings. The van der Waals surface area contributed by atoms with Gasteiger partial charge in [0.15, 0.2) is 0 Å². The van der Waals surface area contributed by atoms with Crippen LogP contribution in [-0.2, 0) is 6.42 Å². The van der Waals surface area contributed by atoms with Crippen molar-refractivity contribution in [3.05, 3.63) is 52.7 Å². The quantitative estimate of drug-likeness (QED) is 0.896. The van der Waals surface area contributed by atoms with E-state index in [0.717, 1.165) is 29.7 Å². The Morgan fingerprint density at radius 3 is 2.62 bits per heavy atom. The highest BCUT2D eigenvalue weighted by Gasteiger charge is 2.10. The van der Waals surface area contributed by atoms with Gasteiger partial charge in [0.1, 0.15) is 5.75 Å². The Morgan fingerprint density at radius 2 is 2.00 bits per heavy atom. The van der Waals surface area contributed by atoms with Gasteiger partial charge in [-0.2, -0.15) is 0 Å². The molecular weight excluding hydrogens is 266 g/mol. The number of carboxylic acids is 1. The fourth-order valence-corrected chi connectivity index (χ4v) is 2.15. The van der Waals surface area contributed by atoms with Gasteiger partial charge in [0.2, 0.25) is 5.88 Å². The third kappa shape index (κ3) is 3.81. The van der Waals surface area contributed by atoms with Gasteiger partial charge in [0.25, 0.3) is 0 Å². The van der Waals surface area contributed by atoms with E-state index in [2.05, 4.69) is 4.98 Å². The van der Waals surface area contributed by atoms with Crippen LogP contribution in [0.2, 0.25) is 0 Å². The summed E-state index contributed by atoms with van der Waals surface area (Å²) in [5.74, 6) is 0.0450. The van der Waals surface area contributed by atoms with Crippen LogP contribution in [-0.4, -0.2) is 16.1 Å². The van der Waals surface area contributed by atoms with Crippen molar-refractivity contribution in [2.45, 2.75) is 33.6 Å². The number of rotatable bonds is 5. The normalized spacial score (nSPS) is 10.4. The summed E-state index contributed by atoms with van der Waals surface area (Å²) in [5.41, 5.74) is 3.08. The topological polar surface area (TPSA) is 59.4 Å². The lowest BCUT2D eigenvalue weighted by Gasteiger charge is -2.10. The van der Waals surface area contributed by atoms with E-state index >= 15 is 0 Å². The van der Waals surface area contributed by atoms with Crippen LogP contribution in [0.3, 0.4) is 0 Å². The largest absolute Gasteiger partial charge is 0.478 e. The molecule has 2 rings (SSSR count). The first-order valence-corrected chi connectivity index (χ1v) is 6.99. The highest BCUT2D eigenvalue weighted by molar-refractivity contribution is 5.88. The first-order valence-electron chi connectivity index (χ1n) is 6.99. The minimum Gasteiger partial charge on any atom is -0.478 e. The molecule has 4 nitrogen and oxygen atoms in total. The summed E-state index contributed by atoms with van der Waals surface area (Å²) in [5, 5.41) is 9.18. The molecule has 0 saturated heterocycles. The van der Waals surface area contributed by atoms with Crippen molar-refractivity contribution in [1.29, 1.82) is 0 Å². The molecule has 0 aliphatic heterocycles. The second-order valence-corrected chi connectivity index (χ2v) is 5.11. The summed E-state index contributed by atoms with van der Waals surface area (Å²) >= 11 is 0. The molecule has 0 aliphatic carbocycles. The highest BCUT2D eigenvalue weighted by atomic mass is 16.5. The van der Waals surface area contributed by atoms with Gasteiger partial charge >= 0.3 is 5.97 Å². The van der Waals surface area contributed by atoms with E-state index in [0.29, 0.717) is 11.6 Å². The Labute approximate surface area is 124 Å². The lowest BCUT2D eigenvalue weighted by molar-refractivity contribution is 0.0696. The molecule has 1 aromatic heterocycles. The summed E-state index contributed by atoms with van der Waals surface area (Å²) in [7, 11) is 0. The van der Waals surface area contributed by atoms with Crippen molar-refractivity contribution in [1.82, 2.24) is 4.98 Å². The standard InChI is InChI=1S/C17H19NO3/c1-4-5-14-9-13(17(19)20)10-16(18-14)21-15-7-6-11(2)8-12(15)3/h6-10H,4-5H2,1-3H3,(H,19,20). The molecule has 0 atom stereocenters. The number of aryl methyl sites for hydroxylation is 3. The molecule has 0 aliphatic rings. The molecule has 1 heterocycles. The first-order chi connectivity index (χ1) is 9.99. The van der Waals surface area contributed by atoms with E-state index in [1.807, 2.05) is 39.0 Å². The van der Waals surface area contributed by atoms with Gasteiger partial charge in [-0.15, -0.1) is 0 Å². The zero-order valence-corrected chi connectivity index (χ0v) is 12.5. The summed E-state index contributed by atoms with van der Waals surface area (Å²) in [6, 6.07) is 8.90. The number of nitrogens with zero attached hydrogens (tertiary/aromatic N) is 1.